The molecule has 1 aromatic rings. The first kappa shape index (κ1) is 15.8. The van der Waals surface area contributed by atoms with Crippen LogP contribution in [-0.2, 0) is 4.79 Å². The lowest BCUT2D eigenvalue weighted by atomic mass is 9.96. The Labute approximate surface area is 132 Å². The lowest BCUT2D eigenvalue weighted by Gasteiger charge is -2.32. The van der Waals surface area contributed by atoms with Crippen LogP contribution in [0.1, 0.15) is 30.1 Å². The fourth-order valence-corrected chi connectivity index (χ4v) is 2.83. The average Bonchev–Trinajstić information content (AvgIpc) is 2.45. The molecular formula is C15H19BrN2O3. The standard InChI is InChI=1S/C15H19BrN2O3/c1-10(19)17-9-11-4-6-18(7-5-11)15(21)13-3-2-12(16)8-14(13)20/h2-3,8,11,20H,4-7,9H2,1H3,(H,17,19). The number of phenols is 1. The summed E-state index contributed by atoms with van der Waals surface area (Å²) in [5.74, 6) is 0.248. The molecule has 1 saturated heterocycles. The molecule has 0 radical (unpaired) electrons. The van der Waals surface area contributed by atoms with E-state index >= 15 is 0 Å². The molecule has 1 aliphatic rings. The van der Waals surface area contributed by atoms with Crippen LogP contribution in [0.2, 0.25) is 0 Å². The first-order chi connectivity index (χ1) is 9.97. The van der Waals surface area contributed by atoms with Gasteiger partial charge in [-0.3, -0.25) is 9.59 Å². The topological polar surface area (TPSA) is 69.6 Å². The SMILES string of the molecule is CC(=O)NCC1CCN(C(=O)c2ccc(Br)cc2O)CC1. The molecule has 114 valence electrons. The third-order valence-electron chi connectivity index (χ3n) is 3.73. The number of phenolic OH excluding ortho intramolecular Hbond substituents is 1. The Bertz CT molecular complexity index is 540. The number of hydrogen-bond acceptors (Lipinski definition) is 3. The van der Waals surface area contributed by atoms with E-state index in [2.05, 4.69) is 21.2 Å². The molecule has 21 heavy (non-hydrogen) atoms. The Morgan fingerprint density at radius 3 is 2.62 bits per heavy atom. The lowest BCUT2D eigenvalue weighted by molar-refractivity contribution is -0.119. The van der Waals surface area contributed by atoms with E-state index in [9.17, 15) is 14.7 Å². The van der Waals surface area contributed by atoms with Gasteiger partial charge in [-0.05, 0) is 37.0 Å². The Morgan fingerprint density at radius 1 is 1.38 bits per heavy atom. The first-order valence-corrected chi connectivity index (χ1v) is 7.79. The van der Waals surface area contributed by atoms with Gasteiger partial charge >= 0.3 is 0 Å². The van der Waals surface area contributed by atoms with Crippen LogP contribution >= 0.6 is 15.9 Å². The van der Waals surface area contributed by atoms with Gasteiger partial charge in [0.2, 0.25) is 5.91 Å². The van der Waals surface area contributed by atoms with Crippen molar-refractivity contribution in [1.82, 2.24) is 10.2 Å². The highest BCUT2D eigenvalue weighted by Gasteiger charge is 2.25. The van der Waals surface area contributed by atoms with E-state index in [1.54, 1.807) is 17.0 Å². The number of halogens is 1. The summed E-state index contributed by atoms with van der Waals surface area (Å²) in [6.45, 7) is 3.48. The second kappa shape index (κ2) is 6.93. The van der Waals surface area contributed by atoms with Gasteiger partial charge in [-0.25, -0.2) is 0 Å². The smallest absolute Gasteiger partial charge is 0.257 e. The molecule has 1 aromatic carbocycles. The molecule has 5 nitrogen and oxygen atoms in total. The summed E-state index contributed by atoms with van der Waals surface area (Å²) in [6.07, 6.45) is 1.73. The van der Waals surface area contributed by atoms with E-state index < -0.39 is 0 Å². The van der Waals surface area contributed by atoms with Gasteiger partial charge in [-0.15, -0.1) is 0 Å². The van der Waals surface area contributed by atoms with Gasteiger partial charge in [0.15, 0.2) is 0 Å². The second-order valence-corrected chi connectivity index (χ2v) is 6.25. The maximum atomic E-state index is 12.4. The molecule has 1 heterocycles. The summed E-state index contributed by atoms with van der Waals surface area (Å²) < 4.78 is 0.741. The Balaban J connectivity index is 1.92. The number of aromatic hydroxyl groups is 1. The number of carbonyl (C=O) groups excluding carboxylic acids is 2. The lowest BCUT2D eigenvalue weighted by Crippen LogP contribution is -2.41. The number of carbonyl (C=O) groups is 2. The van der Waals surface area contributed by atoms with Crippen LogP contribution < -0.4 is 5.32 Å². The highest BCUT2D eigenvalue weighted by molar-refractivity contribution is 9.10. The van der Waals surface area contributed by atoms with Crippen LogP contribution in [0.4, 0.5) is 0 Å². The van der Waals surface area contributed by atoms with Crippen LogP contribution in [0.25, 0.3) is 0 Å². The highest BCUT2D eigenvalue weighted by Crippen LogP contribution is 2.25. The highest BCUT2D eigenvalue weighted by atomic mass is 79.9. The van der Waals surface area contributed by atoms with Crippen molar-refractivity contribution in [2.75, 3.05) is 19.6 Å². The molecule has 0 saturated carbocycles. The summed E-state index contributed by atoms with van der Waals surface area (Å²) in [6, 6.07) is 4.90. The van der Waals surface area contributed by atoms with Gasteiger partial charge in [-0.1, -0.05) is 15.9 Å². The van der Waals surface area contributed by atoms with Crippen molar-refractivity contribution in [3.8, 4) is 5.75 Å². The van der Waals surface area contributed by atoms with E-state index in [-0.39, 0.29) is 17.6 Å². The van der Waals surface area contributed by atoms with Gasteiger partial charge in [0.05, 0.1) is 5.56 Å². The minimum atomic E-state index is -0.141. The first-order valence-electron chi connectivity index (χ1n) is 6.99. The molecule has 1 fully saturated rings. The van der Waals surface area contributed by atoms with Crippen molar-refractivity contribution in [3.05, 3.63) is 28.2 Å². The van der Waals surface area contributed by atoms with Crippen LogP contribution in [0.15, 0.2) is 22.7 Å². The largest absolute Gasteiger partial charge is 0.507 e. The summed E-state index contributed by atoms with van der Waals surface area (Å²) in [7, 11) is 0. The average molecular weight is 355 g/mol. The molecule has 0 atom stereocenters. The van der Waals surface area contributed by atoms with Gasteiger partial charge in [0.25, 0.3) is 5.91 Å². The van der Waals surface area contributed by atoms with Crippen LogP contribution in [0.5, 0.6) is 5.75 Å². The maximum absolute atomic E-state index is 12.4. The Hall–Kier alpha value is -1.56. The molecule has 0 aliphatic carbocycles. The maximum Gasteiger partial charge on any atom is 0.257 e. The van der Waals surface area contributed by atoms with E-state index in [1.807, 2.05) is 0 Å². The summed E-state index contributed by atoms with van der Waals surface area (Å²) in [5, 5.41) is 12.7. The Kier molecular flexibility index (Phi) is 5.22. The van der Waals surface area contributed by atoms with Crippen molar-refractivity contribution < 1.29 is 14.7 Å². The summed E-state index contributed by atoms with van der Waals surface area (Å²) in [5.41, 5.74) is 0.332. The molecule has 0 aromatic heterocycles. The van der Waals surface area contributed by atoms with Crippen molar-refractivity contribution in [1.29, 1.82) is 0 Å². The van der Waals surface area contributed by atoms with Crippen LogP contribution in [0, 0.1) is 5.92 Å². The number of nitrogens with one attached hydrogen (secondary N) is 1. The number of amides is 2. The van der Waals surface area contributed by atoms with Crippen molar-refractivity contribution in [2.24, 2.45) is 5.92 Å². The number of rotatable bonds is 3. The molecule has 0 spiro atoms. The third-order valence-corrected chi connectivity index (χ3v) is 4.22. The zero-order valence-electron chi connectivity index (χ0n) is 11.9. The molecule has 1 aliphatic heterocycles. The monoisotopic (exact) mass is 354 g/mol. The summed E-state index contributed by atoms with van der Waals surface area (Å²) in [4.78, 5) is 25.0. The summed E-state index contributed by atoms with van der Waals surface area (Å²) >= 11 is 3.26. The van der Waals surface area contributed by atoms with Crippen molar-refractivity contribution in [3.63, 3.8) is 0 Å². The molecule has 0 bridgehead atoms. The number of piperidine rings is 1. The van der Waals surface area contributed by atoms with Gasteiger partial charge in [-0.2, -0.15) is 0 Å². The second-order valence-electron chi connectivity index (χ2n) is 5.33. The molecule has 2 amide bonds. The van der Waals surface area contributed by atoms with Crippen LogP contribution in [0.3, 0.4) is 0 Å². The molecule has 2 rings (SSSR count). The number of nitrogens with zero attached hydrogens (tertiary/aromatic N) is 1. The van der Waals surface area contributed by atoms with E-state index in [0.717, 1.165) is 17.3 Å². The molecular weight excluding hydrogens is 336 g/mol. The van der Waals surface area contributed by atoms with Gasteiger partial charge in [0.1, 0.15) is 5.75 Å². The van der Waals surface area contributed by atoms with Crippen molar-refractivity contribution >= 4 is 27.7 Å². The zero-order valence-corrected chi connectivity index (χ0v) is 13.5. The number of likely N-dealkylation sites (tertiary alicyclic amines) is 1. The van der Waals surface area contributed by atoms with Crippen molar-refractivity contribution in [2.45, 2.75) is 19.8 Å². The third kappa shape index (κ3) is 4.20. The normalized spacial score (nSPS) is 15.8. The Morgan fingerprint density at radius 2 is 2.05 bits per heavy atom. The minimum Gasteiger partial charge on any atom is -0.507 e. The number of hydrogen-bond donors (Lipinski definition) is 2. The fraction of sp³-hybridized carbons (Fsp3) is 0.467. The number of benzene rings is 1. The minimum absolute atomic E-state index is 0.00487. The predicted molar refractivity (Wildman–Crippen MR) is 83.1 cm³/mol. The van der Waals surface area contributed by atoms with Gasteiger partial charge in [0, 0.05) is 31.0 Å². The van der Waals surface area contributed by atoms with Crippen LogP contribution in [-0.4, -0.2) is 41.5 Å². The van der Waals surface area contributed by atoms with E-state index in [4.69, 9.17) is 0 Å². The van der Waals surface area contributed by atoms with E-state index in [0.29, 0.717) is 31.1 Å². The molecule has 2 N–H and O–H groups in total. The van der Waals surface area contributed by atoms with E-state index in [1.165, 1.54) is 13.0 Å². The zero-order chi connectivity index (χ0) is 15.4. The fourth-order valence-electron chi connectivity index (χ4n) is 2.48. The molecule has 0 unspecified atom stereocenters. The predicted octanol–water partition coefficient (Wildman–Crippen LogP) is 2.14. The van der Waals surface area contributed by atoms with Gasteiger partial charge < -0.3 is 15.3 Å². The quantitative estimate of drug-likeness (QED) is 0.873. The molecule has 6 heteroatoms.